The van der Waals surface area contributed by atoms with Crippen molar-refractivity contribution >= 4 is 17.4 Å². The molecule has 0 aliphatic heterocycles. The second kappa shape index (κ2) is 7.12. The van der Waals surface area contributed by atoms with Crippen molar-refractivity contribution < 1.29 is 14.4 Å². The second-order valence-electron chi connectivity index (χ2n) is 10.1. The summed E-state index contributed by atoms with van der Waals surface area (Å²) < 4.78 is 0. The molecule has 4 saturated carbocycles. The Morgan fingerprint density at radius 3 is 2.68 bits per heavy atom. The number of hydrogen-bond acceptors (Lipinski definition) is 5. The highest BCUT2D eigenvalue weighted by Gasteiger charge is 2.62. The van der Waals surface area contributed by atoms with Crippen LogP contribution in [0.3, 0.4) is 0 Å². The van der Waals surface area contributed by atoms with E-state index >= 15 is 0 Å². The van der Waals surface area contributed by atoms with Gasteiger partial charge in [0.15, 0.2) is 0 Å². The van der Waals surface area contributed by atoms with Crippen LogP contribution in [0.15, 0.2) is 5.16 Å². The van der Waals surface area contributed by atoms with Gasteiger partial charge in [-0.3, -0.25) is 9.59 Å². The van der Waals surface area contributed by atoms with E-state index in [1.165, 1.54) is 0 Å². The summed E-state index contributed by atoms with van der Waals surface area (Å²) in [5.74, 6) is 1.77. The van der Waals surface area contributed by atoms with Gasteiger partial charge in [-0.2, -0.15) is 0 Å². The number of fused-ring (bicyclic) bond motifs is 5. The third kappa shape index (κ3) is 2.90. The lowest BCUT2D eigenvalue weighted by Crippen LogP contribution is -2.58. The Kier molecular flexibility index (Phi) is 5.05. The largest absolute Gasteiger partial charge is 0.395 e. The van der Waals surface area contributed by atoms with Crippen LogP contribution in [-0.2, 0) is 14.4 Å². The van der Waals surface area contributed by atoms with Crippen LogP contribution < -0.4 is 11.5 Å². The van der Waals surface area contributed by atoms with E-state index in [1.807, 2.05) is 0 Å². The number of rotatable bonds is 4. The van der Waals surface area contributed by atoms with Crippen molar-refractivity contribution in [2.24, 2.45) is 57.0 Å². The van der Waals surface area contributed by atoms with Crippen LogP contribution in [0.5, 0.6) is 0 Å². The van der Waals surface area contributed by atoms with Gasteiger partial charge < -0.3 is 16.3 Å². The van der Waals surface area contributed by atoms with Crippen LogP contribution in [-0.4, -0.2) is 30.6 Å². The molecule has 0 spiro atoms. The Hall–Kier alpha value is -1.43. The second-order valence-corrected chi connectivity index (χ2v) is 10.1. The smallest absolute Gasteiger partial charge is 0.220 e. The Bertz CT molecular complexity index is 693. The van der Waals surface area contributed by atoms with Crippen LogP contribution in [0.25, 0.3) is 0 Å². The molecule has 0 aromatic carbocycles. The molecule has 4 aliphatic carbocycles. The summed E-state index contributed by atoms with van der Waals surface area (Å²) in [6.45, 7) is 5.42. The lowest BCUT2D eigenvalue weighted by molar-refractivity contribution is -0.150. The molecular formula is C22H35N3O3. The molecule has 0 aromatic heterocycles. The highest BCUT2D eigenvalue weighted by molar-refractivity contribution is 5.88. The first-order valence-corrected chi connectivity index (χ1v) is 11.0. The third-order valence-corrected chi connectivity index (χ3v) is 9.03. The first-order valence-electron chi connectivity index (χ1n) is 11.0. The van der Waals surface area contributed by atoms with Crippen LogP contribution >= 0.6 is 0 Å². The zero-order chi connectivity index (χ0) is 20.1. The molecule has 1 amide bonds. The van der Waals surface area contributed by atoms with Gasteiger partial charge in [-0.05, 0) is 74.0 Å². The van der Waals surface area contributed by atoms with Crippen molar-refractivity contribution in [2.45, 2.75) is 65.2 Å². The Morgan fingerprint density at radius 2 is 1.96 bits per heavy atom. The fourth-order valence-corrected chi connectivity index (χ4v) is 7.50. The summed E-state index contributed by atoms with van der Waals surface area (Å²) in [6.07, 6.45) is 7.35. The van der Waals surface area contributed by atoms with Gasteiger partial charge >= 0.3 is 0 Å². The van der Waals surface area contributed by atoms with Crippen molar-refractivity contribution in [1.29, 1.82) is 0 Å². The zero-order valence-corrected chi connectivity index (χ0v) is 17.3. The topological polar surface area (TPSA) is 108 Å². The predicted octanol–water partition coefficient (Wildman–Crippen LogP) is 2.64. The van der Waals surface area contributed by atoms with Crippen molar-refractivity contribution in [1.82, 2.24) is 0 Å². The molecule has 0 saturated heterocycles. The van der Waals surface area contributed by atoms with Crippen LogP contribution in [0.2, 0.25) is 0 Å². The Morgan fingerprint density at radius 1 is 1.18 bits per heavy atom. The minimum atomic E-state index is -0.185. The first kappa shape index (κ1) is 19.9. The monoisotopic (exact) mass is 389 g/mol. The van der Waals surface area contributed by atoms with Gasteiger partial charge in [0, 0.05) is 24.3 Å². The first-order chi connectivity index (χ1) is 13.3. The van der Waals surface area contributed by atoms with Gasteiger partial charge in [-0.25, -0.2) is 0 Å². The number of carbonyl (C=O) groups excluding carboxylic acids is 2. The van der Waals surface area contributed by atoms with E-state index in [4.69, 9.17) is 16.3 Å². The van der Waals surface area contributed by atoms with Gasteiger partial charge in [-0.15, -0.1) is 0 Å². The number of ketones is 1. The van der Waals surface area contributed by atoms with Crippen molar-refractivity contribution in [3.8, 4) is 0 Å². The van der Waals surface area contributed by atoms with Crippen molar-refractivity contribution in [2.75, 3.05) is 13.2 Å². The molecule has 0 heterocycles. The molecule has 0 radical (unpaired) electrons. The number of carbonyl (C=O) groups is 2. The summed E-state index contributed by atoms with van der Waals surface area (Å²) in [7, 11) is 0. The van der Waals surface area contributed by atoms with Crippen molar-refractivity contribution in [3.63, 3.8) is 0 Å². The highest BCUT2D eigenvalue weighted by Crippen LogP contribution is 2.66. The number of hydrogen-bond donors (Lipinski definition) is 2. The van der Waals surface area contributed by atoms with Crippen molar-refractivity contribution in [3.05, 3.63) is 0 Å². The molecule has 4 N–H and O–H groups in total. The molecule has 28 heavy (non-hydrogen) atoms. The van der Waals surface area contributed by atoms with Gasteiger partial charge in [0.1, 0.15) is 12.4 Å². The van der Waals surface area contributed by atoms with Gasteiger partial charge in [0.25, 0.3) is 0 Å². The quantitative estimate of drug-likeness (QED) is 0.569. The van der Waals surface area contributed by atoms with Gasteiger partial charge in [0.05, 0.1) is 5.71 Å². The lowest BCUT2D eigenvalue weighted by atomic mass is 9.43. The molecule has 4 aliphatic rings. The summed E-state index contributed by atoms with van der Waals surface area (Å²) in [6, 6.07) is 0. The maximum absolute atomic E-state index is 12.6. The molecule has 0 aromatic rings. The number of primary amides is 1. The van der Waals surface area contributed by atoms with E-state index in [-0.39, 0.29) is 28.6 Å². The fourth-order valence-electron chi connectivity index (χ4n) is 7.50. The predicted molar refractivity (Wildman–Crippen MR) is 107 cm³/mol. The van der Waals surface area contributed by atoms with Crippen LogP contribution in [0.1, 0.15) is 65.2 Å². The van der Waals surface area contributed by atoms with Gasteiger partial charge in [-0.1, -0.05) is 19.0 Å². The third-order valence-electron chi connectivity index (χ3n) is 9.03. The summed E-state index contributed by atoms with van der Waals surface area (Å²) in [5.41, 5.74) is 12.4. The molecule has 6 heteroatoms. The molecule has 156 valence electrons. The molecule has 4 fully saturated rings. The Labute approximate surface area is 167 Å². The molecule has 0 bridgehead atoms. The van der Waals surface area contributed by atoms with E-state index in [9.17, 15) is 9.59 Å². The standard InChI is InChI=1S/C22H35N3O3/c1-21-7-5-13(25-28-10-9-23)11-18(21)15(20(24)27)12-14-16-3-4-19(26)22(16,2)8-6-17(14)21/h14-18H,3-12,23H2,1-2H3,(H2,24,27)/b25-13+/t14-,15-,16-,17-,18+,21+,22-/m0/s1. The summed E-state index contributed by atoms with van der Waals surface area (Å²) in [5, 5.41) is 4.31. The number of Topliss-reactive ketones (excluding diaryl/α,β-unsaturated/α-hetero) is 1. The minimum absolute atomic E-state index is 0.0858. The van der Waals surface area contributed by atoms with E-state index in [1.54, 1.807) is 0 Å². The molecule has 6 nitrogen and oxygen atoms in total. The number of nitrogens with zero attached hydrogens (tertiary/aromatic N) is 1. The molecule has 4 rings (SSSR count). The Balaban J connectivity index is 1.63. The average molecular weight is 390 g/mol. The lowest BCUT2D eigenvalue weighted by Gasteiger charge is -2.61. The maximum atomic E-state index is 12.6. The average Bonchev–Trinajstić information content (AvgIpc) is 2.96. The van der Waals surface area contributed by atoms with Gasteiger partial charge in [0.2, 0.25) is 5.91 Å². The molecular weight excluding hydrogens is 354 g/mol. The molecule has 0 unspecified atom stereocenters. The van der Waals surface area contributed by atoms with E-state index in [2.05, 4.69) is 19.0 Å². The summed E-state index contributed by atoms with van der Waals surface area (Å²) in [4.78, 5) is 30.4. The molecule has 7 atom stereocenters. The number of nitrogens with two attached hydrogens (primary N) is 2. The zero-order valence-electron chi connectivity index (χ0n) is 17.3. The van der Waals surface area contributed by atoms with E-state index < -0.39 is 0 Å². The van der Waals surface area contributed by atoms with Crippen LogP contribution in [0, 0.1) is 40.4 Å². The highest BCUT2D eigenvalue weighted by atomic mass is 16.6. The SMILES string of the molecule is C[C@]12CC/C(=N\OCCN)C[C@@H]1[C@@H](C(N)=O)C[C@@H]1[C@@H]2CC[C@]2(C)C(=O)CC[C@@H]12. The minimum Gasteiger partial charge on any atom is -0.395 e. The fraction of sp³-hybridized carbons (Fsp3) is 0.864. The maximum Gasteiger partial charge on any atom is 0.220 e. The van der Waals surface area contributed by atoms with Crippen LogP contribution in [0.4, 0.5) is 0 Å². The van der Waals surface area contributed by atoms with E-state index in [0.29, 0.717) is 43.1 Å². The number of oxime groups is 1. The number of amides is 1. The normalized spacial score (nSPS) is 46.6. The summed E-state index contributed by atoms with van der Waals surface area (Å²) >= 11 is 0. The van der Waals surface area contributed by atoms with E-state index in [0.717, 1.165) is 50.7 Å².